The van der Waals surface area contributed by atoms with E-state index in [1.54, 1.807) is 0 Å². The van der Waals surface area contributed by atoms with Gasteiger partial charge in [-0.15, -0.1) is 0 Å². The number of hydrogen-bond donors (Lipinski definition) is 3. The van der Waals surface area contributed by atoms with Crippen LogP contribution in [0.4, 0.5) is 0 Å². The minimum atomic E-state index is -4.41. The number of esters is 1. The minimum Gasteiger partial charge on any atom is -0.463 e. The second-order valence-corrected chi connectivity index (χ2v) is 18.6. The van der Waals surface area contributed by atoms with Gasteiger partial charge in [-0.3, -0.25) is 18.6 Å². The first-order valence-electron chi connectivity index (χ1n) is 25.0. The molecule has 0 fully saturated rings. The zero-order valence-electron chi connectivity index (χ0n) is 38.3. The Bertz CT molecular complexity index is 922. The average Bonchev–Trinajstić information content (AvgIpc) is 3.21. The second-order valence-electron chi connectivity index (χ2n) is 17.2. The maximum absolute atomic E-state index is 12.1. The Morgan fingerprint density at radius 2 is 0.776 bits per heavy atom. The molecule has 0 aliphatic carbocycles. The fraction of sp³-hybridized carbons (Fsp3) is 0.958. The van der Waals surface area contributed by atoms with Gasteiger partial charge in [-0.2, -0.15) is 0 Å². The summed E-state index contributed by atoms with van der Waals surface area (Å²) in [6.07, 6.45) is 47.5. The molecule has 58 heavy (non-hydrogen) atoms. The van der Waals surface area contributed by atoms with E-state index in [0.29, 0.717) is 12.8 Å². The summed E-state index contributed by atoms with van der Waals surface area (Å²) in [5.41, 5.74) is 0. The van der Waals surface area contributed by atoms with Crippen LogP contribution in [0, 0.1) is 0 Å². The van der Waals surface area contributed by atoms with Gasteiger partial charge in [0.15, 0.2) is 0 Å². The van der Waals surface area contributed by atoms with Crippen molar-refractivity contribution in [3.8, 4) is 0 Å². The monoisotopic (exact) mass is 846 g/mol. The number of rotatable bonds is 48. The van der Waals surface area contributed by atoms with Crippen molar-refractivity contribution < 1.29 is 37.9 Å². The summed E-state index contributed by atoms with van der Waals surface area (Å²) in [4.78, 5) is 34.0. The molecule has 0 bridgehead atoms. The summed E-state index contributed by atoms with van der Waals surface area (Å²) in [5.74, 6) is -0.499. The summed E-state index contributed by atoms with van der Waals surface area (Å²) in [5, 5.41) is 12.7. The number of hydrogen-bond acceptors (Lipinski definition) is 7. The first-order valence-corrected chi connectivity index (χ1v) is 26.5. The average molecular weight is 846 g/mol. The minimum absolute atomic E-state index is 0.0888. The summed E-state index contributed by atoms with van der Waals surface area (Å²) in [7, 11) is -4.41. The van der Waals surface area contributed by atoms with Crippen LogP contribution < -0.4 is 5.32 Å². The van der Waals surface area contributed by atoms with E-state index in [1.165, 1.54) is 199 Å². The van der Waals surface area contributed by atoms with Crippen LogP contribution in [0.5, 0.6) is 0 Å². The number of ether oxygens (including phenoxy) is 1. The highest BCUT2D eigenvalue weighted by atomic mass is 31.2. The molecule has 2 atom stereocenters. The molecule has 0 aromatic rings. The molecule has 2 unspecified atom stereocenters. The van der Waals surface area contributed by atoms with Crippen LogP contribution in [0.15, 0.2) is 0 Å². The number of carbonyl (C=O) groups excluding carboxylic acids is 2. The number of nitrogens with one attached hydrogen (secondary N) is 1. The Morgan fingerprint density at radius 1 is 0.466 bits per heavy atom. The molecule has 0 heterocycles. The van der Waals surface area contributed by atoms with E-state index in [4.69, 9.17) is 13.8 Å². The number of aliphatic hydroxyl groups excluding tert-OH is 1. The number of unbranched alkanes of at least 4 members (excludes halogenated alkanes) is 35. The molecule has 0 saturated carbocycles. The SMILES string of the molecule is CCCCCCCCCCCCCCCCCCCCCC(=O)NCCOP(=O)(O)OCC(O)COC(=O)CCCCCCCCCCCCCCCCCCCC. The van der Waals surface area contributed by atoms with Crippen LogP contribution in [0.2, 0.25) is 0 Å². The number of amides is 1. The van der Waals surface area contributed by atoms with E-state index in [9.17, 15) is 24.2 Å². The smallest absolute Gasteiger partial charge is 0.463 e. The number of phosphoric acid groups is 1. The van der Waals surface area contributed by atoms with Crippen molar-refractivity contribution in [1.29, 1.82) is 0 Å². The number of carbonyl (C=O) groups is 2. The molecular weight excluding hydrogens is 750 g/mol. The fourth-order valence-electron chi connectivity index (χ4n) is 7.50. The largest absolute Gasteiger partial charge is 0.472 e. The van der Waals surface area contributed by atoms with E-state index < -0.39 is 26.5 Å². The molecule has 346 valence electrons. The lowest BCUT2D eigenvalue weighted by molar-refractivity contribution is -0.147. The normalized spacial score (nSPS) is 13.1. The van der Waals surface area contributed by atoms with Crippen molar-refractivity contribution in [2.24, 2.45) is 0 Å². The highest BCUT2D eigenvalue weighted by Gasteiger charge is 2.23. The van der Waals surface area contributed by atoms with Gasteiger partial charge in [0.2, 0.25) is 5.91 Å². The van der Waals surface area contributed by atoms with Gasteiger partial charge < -0.3 is 20.1 Å². The predicted molar refractivity (Wildman–Crippen MR) is 243 cm³/mol. The summed E-state index contributed by atoms with van der Waals surface area (Å²) in [6, 6.07) is 0. The molecule has 0 aliphatic rings. The molecule has 0 saturated heterocycles. The maximum atomic E-state index is 12.1. The third-order valence-electron chi connectivity index (χ3n) is 11.3. The Morgan fingerprint density at radius 3 is 1.12 bits per heavy atom. The molecular formula is C48H96NO8P. The first kappa shape index (κ1) is 57.0. The summed E-state index contributed by atoms with van der Waals surface area (Å²) < 4.78 is 27.0. The molecule has 0 aliphatic heterocycles. The van der Waals surface area contributed by atoms with Crippen LogP contribution in [0.25, 0.3) is 0 Å². The van der Waals surface area contributed by atoms with Crippen molar-refractivity contribution in [3.05, 3.63) is 0 Å². The highest BCUT2D eigenvalue weighted by Crippen LogP contribution is 2.42. The van der Waals surface area contributed by atoms with Gasteiger partial charge in [-0.25, -0.2) is 4.57 Å². The number of phosphoric ester groups is 1. The fourth-order valence-corrected chi connectivity index (χ4v) is 8.26. The van der Waals surface area contributed by atoms with Crippen LogP contribution in [-0.4, -0.2) is 54.3 Å². The summed E-state index contributed by atoms with van der Waals surface area (Å²) in [6.45, 7) is 3.62. The maximum Gasteiger partial charge on any atom is 0.472 e. The molecule has 3 N–H and O–H groups in total. The van der Waals surface area contributed by atoms with Crippen LogP contribution >= 0.6 is 7.82 Å². The van der Waals surface area contributed by atoms with Gasteiger partial charge >= 0.3 is 13.8 Å². The van der Waals surface area contributed by atoms with E-state index in [2.05, 4.69) is 19.2 Å². The first-order chi connectivity index (χ1) is 28.3. The third-order valence-corrected chi connectivity index (χ3v) is 12.3. The Labute approximate surface area is 358 Å². The van der Waals surface area contributed by atoms with E-state index in [0.717, 1.165) is 38.5 Å². The van der Waals surface area contributed by atoms with E-state index >= 15 is 0 Å². The molecule has 1 amide bonds. The highest BCUT2D eigenvalue weighted by molar-refractivity contribution is 7.47. The molecule has 0 radical (unpaired) electrons. The molecule has 10 heteroatoms. The van der Waals surface area contributed by atoms with Gasteiger partial charge in [0.05, 0.1) is 13.2 Å². The molecule has 0 aromatic carbocycles. The molecule has 0 aromatic heterocycles. The van der Waals surface area contributed by atoms with Crippen LogP contribution in [-0.2, 0) is 27.9 Å². The van der Waals surface area contributed by atoms with Crippen molar-refractivity contribution in [3.63, 3.8) is 0 Å². The van der Waals surface area contributed by atoms with Gasteiger partial charge in [-0.1, -0.05) is 239 Å². The molecule has 0 rings (SSSR count). The quantitative estimate of drug-likeness (QED) is 0.0313. The van der Waals surface area contributed by atoms with Crippen LogP contribution in [0.3, 0.4) is 0 Å². The van der Waals surface area contributed by atoms with E-state index in [1.807, 2.05) is 0 Å². The Hall–Kier alpha value is -0.990. The van der Waals surface area contributed by atoms with Gasteiger partial charge in [0.1, 0.15) is 12.7 Å². The standard InChI is InChI=1S/C48H96NO8P/c1-3-5-7-9-11-13-15-17-19-21-23-24-26-28-30-32-34-36-38-40-47(51)49-42-43-56-58(53,54)57-45-46(50)44-55-48(52)41-39-37-35-33-31-29-27-25-22-20-18-16-14-12-10-8-6-4-2/h46,50H,3-45H2,1-2H3,(H,49,51)(H,53,54). The zero-order valence-corrected chi connectivity index (χ0v) is 39.2. The van der Waals surface area contributed by atoms with Crippen molar-refractivity contribution >= 4 is 19.7 Å². The van der Waals surface area contributed by atoms with Crippen molar-refractivity contribution in [2.75, 3.05) is 26.4 Å². The lowest BCUT2D eigenvalue weighted by Crippen LogP contribution is -2.27. The number of aliphatic hydroxyl groups is 1. The van der Waals surface area contributed by atoms with Gasteiger partial charge in [0.25, 0.3) is 0 Å². The lowest BCUT2D eigenvalue weighted by atomic mass is 10.0. The molecule has 0 spiro atoms. The van der Waals surface area contributed by atoms with Crippen molar-refractivity contribution in [1.82, 2.24) is 5.32 Å². The van der Waals surface area contributed by atoms with Crippen molar-refractivity contribution in [2.45, 2.75) is 270 Å². The predicted octanol–water partition coefficient (Wildman–Crippen LogP) is 14.4. The van der Waals surface area contributed by atoms with Crippen LogP contribution in [0.1, 0.15) is 264 Å². The third kappa shape index (κ3) is 46.1. The summed E-state index contributed by atoms with van der Waals surface area (Å²) >= 11 is 0. The topological polar surface area (TPSA) is 131 Å². The molecule has 9 nitrogen and oxygen atoms in total. The zero-order chi connectivity index (χ0) is 42.5. The Balaban J connectivity index is 3.51. The lowest BCUT2D eigenvalue weighted by Gasteiger charge is -2.15. The van der Waals surface area contributed by atoms with Gasteiger partial charge in [0, 0.05) is 19.4 Å². The second kappa shape index (κ2) is 45.5. The van der Waals surface area contributed by atoms with Gasteiger partial charge in [-0.05, 0) is 12.8 Å². The van der Waals surface area contributed by atoms with E-state index in [-0.39, 0.29) is 25.7 Å². The Kier molecular flexibility index (Phi) is 44.8.